The van der Waals surface area contributed by atoms with E-state index in [-0.39, 0.29) is 4.87 Å². The summed E-state index contributed by atoms with van der Waals surface area (Å²) in [7, 11) is 0. The van der Waals surface area contributed by atoms with Crippen molar-refractivity contribution in [2.24, 2.45) is 0 Å². The van der Waals surface area contributed by atoms with E-state index in [1.165, 1.54) is 11.3 Å². The minimum absolute atomic E-state index is 0.0859. The van der Waals surface area contributed by atoms with Gasteiger partial charge in [-0.1, -0.05) is 36.8 Å². The smallest absolute Gasteiger partial charge is 0.305 e. The van der Waals surface area contributed by atoms with Gasteiger partial charge in [-0.15, -0.1) is 0 Å². The van der Waals surface area contributed by atoms with Gasteiger partial charge in [-0.25, -0.2) is 0 Å². The van der Waals surface area contributed by atoms with Crippen molar-refractivity contribution in [2.75, 3.05) is 0 Å². The molecule has 0 aliphatic rings. The molecule has 0 radical (unpaired) electrons. The molecule has 0 aliphatic heterocycles. The molecule has 1 heterocycles. The van der Waals surface area contributed by atoms with Crippen molar-refractivity contribution in [1.29, 1.82) is 5.26 Å². The maximum absolute atomic E-state index is 11.8. The Morgan fingerprint density at radius 2 is 2.06 bits per heavy atom. The molecule has 0 saturated heterocycles. The van der Waals surface area contributed by atoms with Gasteiger partial charge in [0.15, 0.2) is 0 Å². The molecular weight excluding hydrogens is 244 g/mol. The van der Waals surface area contributed by atoms with Crippen LogP contribution in [0.25, 0.3) is 10.4 Å². The Hall–Kier alpha value is -1.86. The standard InChI is InChI=1S/C14H14N2OS/c1-2-3-8-16-10-13(18-14(16)17)12-6-4-11(9-15)5-7-12/h4-7,10H,2-3,8H2,1H3. The molecule has 1 aromatic carbocycles. The zero-order valence-corrected chi connectivity index (χ0v) is 11.0. The molecule has 92 valence electrons. The Morgan fingerprint density at radius 3 is 2.67 bits per heavy atom. The first-order valence-electron chi connectivity index (χ1n) is 5.95. The van der Waals surface area contributed by atoms with Gasteiger partial charge in [0.2, 0.25) is 0 Å². The van der Waals surface area contributed by atoms with Crippen molar-refractivity contribution in [3.8, 4) is 16.5 Å². The highest BCUT2D eigenvalue weighted by Gasteiger charge is 2.06. The van der Waals surface area contributed by atoms with E-state index >= 15 is 0 Å². The lowest BCUT2D eigenvalue weighted by atomic mass is 10.1. The summed E-state index contributed by atoms with van der Waals surface area (Å²) in [4.78, 5) is 12.8. The number of hydrogen-bond acceptors (Lipinski definition) is 3. The van der Waals surface area contributed by atoms with Crippen LogP contribution in [0, 0.1) is 11.3 Å². The minimum atomic E-state index is 0.0859. The fourth-order valence-corrected chi connectivity index (χ4v) is 2.58. The third kappa shape index (κ3) is 2.69. The first-order chi connectivity index (χ1) is 8.74. The lowest BCUT2D eigenvalue weighted by Crippen LogP contribution is -2.11. The number of aryl methyl sites for hydroxylation is 1. The number of nitriles is 1. The van der Waals surface area contributed by atoms with Gasteiger partial charge in [0.05, 0.1) is 16.5 Å². The molecule has 0 saturated carbocycles. The van der Waals surface area contributed by atoms with E-state index in [9.17, 15) is 4.79 Å². The number of rotatable bonds is 4. The van der Waals surface area contributed by atoms with Crippen LogP contribution < -0.4 is 4.87 Å². The van der Waals surface area contributed by atoms with Crippen LogP contribution in [-0.2, 0) is 6.54 Å². The monoisotopic (exact) mass is 258 g/mol. The number of aromatic nitrogens is 1. The molecule has 2 rings (SSSR count). The molecule has 2 aromatic rings. The maximum Gasteiger partial charge on any atom is 0.307 e. The second-order valence-corrected chi connectivity index (χ2v) is 5.09. The van der Waals surface area contributed by atoms with Crippen molar-refractivity contribution in [3.05, 3.63) is 45.7 Å². The van der Waals surface area contributed by atoms with E-state index in [4.69, 9.17) is 5.26 Å². The number of unbranched alkanes of at least 4 members (excludes halogenated alkanes) is 1. The minimum Gasteiger partial charge on any atom is -0.305 e. The summed E-state index contributed by atoms with van der Waals surface area (Å²) in [6.45, 7) is 2.89. The third-order valence-corrected chi connectivity index (χ3v) is 3.73. The predicted octanol–water partition coefficient (Wildman–Crippen LogP) is 3.25. The van der Waals surface area contributed by atoms with Crippen LogP contribution in [0.15, 0.2) is 35.3 Å². The predicted molar refractivity (Wildman–Crippen MR) is 73.6 cm³/mol. The summed E-state index contributed by atoms with van der Waals surface area (Å²) in [5, 5.41) is 8.74. The van der Waals surface area contributed by atoms with Crippen molar-refractivity contribution in [3.63, 3.8) is 0 Å². The Kier molecular flexibility index (Phi) is 3.96. The molecule has 0 fully saturated rings. The van der Waals surface area contributed by atoms with E-state index in [1.807, 2.05) is 18.3 Å². The van der Waals surface area contributed by atoms with Gasteiger partial charge in [-0.3, -0.25) is 4.79 Å². The molecule has 0 spiro atoms. The Balaban J connectivity index is 2.28. The molecule has 0 N–H and O–H groups in total. The van der Waals surface area contributed by atoms with Crippen LogP contribution in [0.4, 0.5) is 0 Å². The van der Waals surface area contributed by atoms with Gasteiger partial charge in [-0.2, -0.15) is 5.26 Å². The Morgan fingerprint density at radius 1 is 1.33 bits per heavy atom. The molecule has 0 atom stereocenters. The highest BCUT2D eigenvalue weighted by atomic mass is 32.1. The summed E-state index contributed by atoms with van der Waals surface area (Å²) < 4.78 is 1.77. The van der Waals surface area contributed by atoms with E-state index < -0.39 is 0 Å². The largest absolute Gasteiger partial charge is 0.307 e. The summed E-state index contributed by atoms with van der Waals surface area (Å²) in [5.41, 5.74) is 1.63. The molecule has 1 aromatic heterocycles. The SMILES string of the molecule is CCCCn1cc(-c2ccc(C#N)cc2)sc1=O. The molecule has 0 aliphatic carbocycles. The summed E-state index contributed by atoms with van der Waals surface area (Å²) in [6.07, 6.45) is 4.00. The van der Waals surface area contributed by atoms with Gasteiger partial charge >= 0.3 is 4.87 Å². The van der Waals surface area contributed by atoms with Crippen molar-refractivity contribution in [1.82, 2.24) is 4.57 Å². The average Bonchev–Trinajstić information content (AvgIpc) is 2.78. The van der Waals surface area contributed by atoms with Crippen LogP contribution in [0.1, 0.15) is 25.3 Å². The number of thiazole rings is 1. The molecule has 4 heteroatoms. The van der Waals surface area contributed by atoms with E-state index in [0.717, 1.165) is 29.8 Å². The van der Waals surface area contributed by atoms with Crippen molar-refractivity contribution in [2.45, 2.75) is 26.3 Å². The molecule has 18 heavy (non-hydrogen) atoms. The van der Waals surface area contributed by atoms with E-state index in [2.05, 4.69) is 13.0 Å². The number of benzene rings is 1. The molecule has 3 nitrogen and oxygen atoms in total. The normalized spacial score (nSPS) is 10.2. The fourth-order valence-electron chi connectivity index (χ4n) is 1.70. The topological polar surface area (TPSA) is 45.8 Å². The van der Waals surface area contributed by atoms with Crippen molar-refractivity contribution < 1.29 is 0 Å². The van der Waals surface area contributed by atoms with Crippen molar-refractivity contribution >= 4 is 11.3 Å². The van der Waals surface area contributed by atoms with Crippen LogP contribution in [0.2, 0.25) is 0 Å². The van der Waals surface area contributed by atoms with Crippen LogP contribution in [0.3, 0.4) is 0 Å². The highest BCUT2D eigenvalue weighted by molar-refractivity contribution is 7.12. The number of hydrogen-bond donors (Lipinski definition) is 0. The van der Waals surface area contributed by atoms with Gasteiger partial charge in [0.1, 0.15) is 0 Å². The quantitative estimate of drug-likeness (QED) is 0.845. The Labute approximate surface area is 110 Å². The van der Waals surface area contributed by atoms with Crippen LogP contribution >= 0.6 is 11.3 Å². The zero-order valence-electron chi connectivity index (χ0n) is 10.2. The lowest BCUT2D eigenvalue weighted by Gasteiger charge is -1.98. The second kappa shape index (κ2) is 5.65. The number of nitrogens with zero attached hydrogens (tertiary/aromatic N) is 2. The van der Waals surface area contributed by atoms with Crippen LogP contribution in [-0.4, -0.2) is 4.57 Å². The van der Waals surface area contributed by atoms with Crippen LogP contribution in [0.5, 0.6) is 0 Å². The highest BCUT2D eigenvalue weighted by Crippen LogP contribution is 2.22. The summed E-state index contributed by atoms with van der Waals surface area (Å²) in [5.74, 6) is 0. The van der Waals surface area contributed by atoms with Gasteiger partial charge < -0.3 is 4.57 Å². The third-order valence-electron chi connectivity index (χ3n) is 2.76. The lowest BCUT2D eigenvalue weighted by molar-refractivity contribution is 0.624. The first-order valence-corrected chi connectivity index (χ1v) is 6.77. The summed E-state index contributed by atoms with van der Waals surface area (Å²) >= 11 is 1.26. The summed E-state index contributed by atoms with van der Waals surface area (Å²) in [6, 6.07) is 9.40. The molecular formula is C14H14N2OS. The Bertz CT molecular complexity index is 616. The fraction of sp³-hybridized carbons (Fsp3) is 0.286. The molecule has 0 unspecified atom stereocenters. The second-order valence-electron chi connectivity index (χ2n) is 4.10. The van der Waals surface area contributed by atoms with Gasteiger partial charge in [0, 0.05) is 12.7 Å². The molecule has 0 amide bonds. The van der Waals surface area contributed by atoms with E-state index in [0.29, 0.717) is 5.56 Å². The van der Waals surface area contributed by atoms with Gasteiger partial charge in [0.25, 0.3) is 0 Å². The van der Waals surface area contributed by atoms with Gasteiger partial charge in [-0.05, 0) is 24.1 Å². The average molecular weight is 258 g/mol. The zero-order chi connectivity index (χ0) is 13.0. The maximum atomic E-state index is 11.8. The first kappa shape index (κ1) is 12.6. The molecule has 0 bridgehead atoms. The van der Waals surface area contributed by atoms with E-state index in [1.54, 1.807) is 16.7 Å².